The number of aromatic amines is 1. The van der Waals surface area contributed by atoms with Crippen LogP contribution in [0.3, 0.4) is 0 Å². The fourth-order valence-corrected chi connectivity index (χ4v) is 3.78. The molecule has 2 aromatic carbocycles. The molecule has 0 saturated heterocycles. The van der Waals surface area contributed by atoms with Crippen LogP contribution in [0.4, 0.5) is 0 Å². The summed E-state index contributed by atoms with van der Waals surface area (Å²) in [5.74, 6) is 0.807. The molecule has 0 aliphatic carbocycles. The molecule has 0 fully saturated rings. The van der Waals surface area contributed by atoms with Crippen LogP contribution in [0.25, 0.3) is 16.6 Å². The zero-order valence-electron chi connectivity index (χ0n) is 15.1. The lowest BCUT2D eigenvalue weighted by Crippen LogP contribution is -2.22. The largest absolute Gasteiger partial charge is 0.497 e. The van der Waals surface area contributed by atoms with Crippen LogP contribution < -0.4 is 10.3 Å². The molecule has 2 heterocycles. The zero-order valence-corrected chi connectivity index (χ0v) is 15.9. The second kappa shape index (κ2) is 7.74. The molecule has 0 amide bonds. The molecular weight excluding hydrogens is 374 g/mol. The van der Waals surface area contributed by atoms with E-state index in [1.54, 1.807) is 61.8 Å². The number of rotatable bonds is 6. The summed E-state index contributed by atoms with van der Waals surface area (Å²) in [6.07, 6.45) is 1.71. The number of nitrogens with one attached hydrogen (secondary N) is 1. The standard InChI is InChI=1S/C21H17N3O3S/c1-27-15-10-8-14(9-11-15)24-20(26)16-5-2-3-6-17(16)23-21(24)28-13-19(25)18-7-4-12-22-18/h2-12,22H,13H2,1H3. The maximum Gasteiger partial charge on any atom is 0.266 e. The summed E-state index contributed by atoms with van der Waals surface area (Å²) in [7, 11) is 1.59. The van der Waals surface area contributed by atoms with Crippen molar-refractivity contribution >= 4 is 28.4 Å². The molecule has 140 valence electrons. The molecular formula is C21H17N3O3S. The van der Waals surface area contributed by atoms with Crippen molar-refractivity contribution in [3.8, 4) is 11.4 Å². The van der Waals surface area contributed by atoms with Crippen molar-refractivity contribution < 1.29 is 9.53 Å². The Balaban J connectivity index is 1.78. The van der Waals surface area contributed by atoms with Crippen molar-refractivity contribution in [2.45, 2.75) is 5.16 Å². The summed E-state index contributed by atoms with van der Waals surface area (Å²) in [6.45, 7) is 0. The summed E-state index contributed by atoms with van der Waals surface area (Å²) in [6, 6.07) is 17.9. The van der Waals surface area contributed by atoms with E-state index in [4.69, 9.17) is 4.74 Å². The highest BCUT2D eigenvalue weighted by atomic mass is 32.2. The molecule has 0 spiro atoms. The number of nitrogens with zero attached hydrogens (tertiary/aromatic N) is 2. The quantitative estimate of drug-likeness (QED) is 0.308. The first-order chi connectivity index (χ1) is 13.7. The number of ketones is 1. The minimum absolute atomic E-state index is 0.0568. The number of hydrogen-bond acceptors (Lipinski definition) is 5. The lowest BCUT2D eigenvalue weighted by Gasteiger charge is -2.13. The lowest BCUT2D eigenvalue weighted by atomic mass is 10.2. The number of methoxy groups -OCH3 is 1. The average molecular weight is 391 g/mol. The smallest absolute Gasteiger partial charge is 0.266 e. The van der Waals surface area contributed by atoms with Gasteiger partial charge in [0.05, 0.1) is 35.1 Å². The van der Waals surface area contributed by atoms with Crippen molar-refractivity contribution in [1.82, 2.24) is 14.5 Å². The Morgan fingerprint density at radius 3 is 2.61 bits per heavy atom. The first-order valence-corrected chi connectivity index (χ1v) is 9.61. The van der Waals surface area contributed by atoms with Crippen LogP contribution >= 0.6 is 11.8 Å². The van der Waals surface area contributed by atoms with Crippen molar-refractivity contribution in [3.63, 3.8) is 0 Å². The number of benzene rings is 2. The van der Waals surface area contributed by atoms with Crippen LogP contribution in [0.1, 0.15) is 10.5 Å². The molecule has 1 N–H and O–H groups in total. The molecule has 4 aromatic rings. The van der Waals surface area contributed by atoms with Crippen molar-refractivity contribution in [2.75, 3.05) is 12.9 Å². The minimum atomic E-state index is -0.175. The topological polar surface area (TPSA) is 77.0 Å². The van der Waals surface area contributed by atoms with Crippen LogP contribution in [0.15, 0.2) is 76.8 Å². The molecule has 0 unspecified atom stereocenters. The monoisotopic (exact) mass is 391 g/mol. The molecule has 0 atom stereocenters. The molecule has 0 aliphatic rings. The summed E-state index contributed by atoms with van der Waals surface area (Å²) in [5.41, 5.74) is 1.63. The van der Waals surface area contributed by atoms with Gasteiger partial charge in [-0.1, -0.05) is 23.9 Å². The zero-order chi connectivity index (χ0) is 19.5. The SMILES string of the molecule is COc1ccc(-n2c(SCC(=O)c3ccc[nH]3)nc3ccccc3c2=O)cc1. The van der Waals surface area contributed by atoms with E-state index < -0.39 is 0 Å². The Morgan fingerprint density at radius 2 is 1.89 bits per heavy atom. The molecule has 0 aliphatic heterocycles. The van der Waals surface area contributed by atoms with Crippen molar-refractivity contribution in [3.05, 3.63) is 82.9 Å². The van der Waals surface area contributed by atoms with E-state index in [0.717, 1.165) is 0 Å². The van der Waals surface area contributed by atoms with Crippen molar-refractivity contribution in [2.24, 2.45) is 0 Å². The van der Waals surface area contributed by atoms with E-state index >= 15 is 0 Å². The van der Waals surface area contributed by atoms with Gasteiger partial charge in [-0.25, -0.2) is 4.98 Å². The number of thioether (sulfide) groups is 1. The predicted molar refractivity (Wildman–Crippen MR) is 110 cm³/mol. The molecule has 4 rings (SSSR count). The molecule has 0 bridgehead atoms. The number of fused-ring (bicyclic) bond motifs is 1. The van der Waals surface area contributed by atoms with Gasteiger partial charge < -0.3 is 9.72 Å². The van der Waals surface area contributed by atoms with Gasteiger partial charge in [-0.2, -0.15) is 0 Å². The summed E-state index contributed by atoms with van der Waals surface area (Å²) in [4.78, 5) is 33.1. The first-order valence-electron chi connectivity index (χ1n) is 8.63. The van der Waals surface area contributed by atoms with Crippen LogP contribution in [-0.4, -0.2) is 33.2 Å². The fourth-order valence-electron chi connectivity index (χ4n) is 2.88. The first kappa shape index (κ1) is 18.1. The second-order valence-corrected chi connectivity index (χ2v) is 6.99. The third kappa shape index (κ3) is 3.44. The molecule has 0 radical (unpaired) electrons. The van der Waals surface area contributed by atoms with Gasteiger partial charge in [0, 0.05) is 6.20 Å². The van der Waals surface area contributed by atoms with Gasteiger partial charge in [0.15, 0.2) is 10.9 Å². The predicted octanol–water partition coefficient (Wildman–Crippen LogP) is 3.70. The van der Waals surface area contributed by atoms with E-state index in [0.29, 0.717) is 33.2 Å². The van der Waals surface area contributed by atoms with E-state index in [2.05, 4.69) is 9.97 Å². The normalized spacial score (nSPS) is 10.9. The second-order valence-electron chi connectivity index (χ2n) is 6.05. The van der Waals surface area contributed by atoms with Gasteiger partial charge in [0.2, 0.25) is 0 Å². The highest BCUT2D eigenvalue weighted by molar-refractivity contribution is 7.99. The Labute approximate surface area is 165 Å². The fraction of sp³-hybridized carbons (Fsp3) is 0.0952. The third-order valence-corrected chi connectivity index (χ3v) is 5.24. The highest BCUT2D eigenvalue weighted by Crippen LogP contribution is 2.23. The number of H-pyrrole nitrogens is 1. The van der Waals surface area contributed by atoms with Crippen LogP contribution in [0.5, 0.6) is 5.75 Å². The number of ether oxygens (including phenoxy) is 1. The minimum Gasteiger partial charge on any atom is -0.497 e. The van der Waals surface area contributed by atoms with Gasteiger partial charge >= 0.3 is 0 Å². The number of Topliss-reactive ketones (excluding diaryl/α,β-unsaturated/α-hetero) is 1. The maximum absolute atomic E-state index is 13.2. The van der Waals surface area contributed by atoms with E-state index in [-0.39, 0.29) is 17.1 Å². The van der Waals surface area contributed by atoms with Gasteiger partial charge in [-0.15, -0.1) is 0 Å². The van der Waals surface area contributed by atoms with Crippen LogP contribution in [0.2, 0.25) is 0 Å². The Bertz CT molecular complexity index is 1180. The Hall–Kier alpha value is -3.32. The van der Waals surface area contributed by atoms with Gasteiger partial charge in [0.1, 0.15) is 5.75 Å². The maximum atomic E-state index is 13.2. The van der Waals surface area contributed by atoms with Crippen LogP contribution in [0, 0.1) is 0 Å². The molecule has 0 saturated carbocycles. The van der Waals surface area contributed by atoms with Gasteiger partial charge in [-0.05, 0) is 48.5 Å². The lowest BCUT2D eigenvalue weighted by molar-refractivity contribution is 0.101. The van der Waals surface area contributed by atoms with Gasteiger partial charge in [-0.3, -0.25) is 14.2 Å². The average Bonchev–Trinajstić information content (AvgIpc) is 3.27. The molecule has 28 heavy (non-hydrogen) atoms. The number of carbonyl (C=O) groups excluding carboxylic acids is 1. The molecule has 2 aromatic heterocycles. The van der Waals surface area contributed by atoms with E-state index in [9.17, 15) is 9.59 Å². The number of para-hydroxylation sites is 1. The van der Waals surface area contributed by atoms with Crippen LogP contribution in [-0.2, 0) is 0 Å². The summed E-state index contributed by atoms with van der Waals surface area (Å²) in [5, 5.41) is 0.993. The highest BCUT2D eigenvalue weighted by Gasteiger charge is 2.15. The summed E-state index contributed by atoms with van der Waals surface area (Å²) >= 11 is 1.24. The van der Waals surface area contributed by atoms with Gasteiger partial charge in [0.25, 0.3) is 5.56 Å². The third-order valence-electron chi connectivity index (χ3n) is 4.31. The summed E-state index contributed by atoms with van der Waals surface area (Å²) < 4.78 is 6.74. The number of hydrogen-bond donors (Lipinski definition) is 1. The Kier molecular flexibility index (Phi) is 4.99. The number of aromatic nitrogens is 3. The number of carbonyl (C=O) groups is 1. The van der Waals surface area contributed by atoms with E-state index in [1.807, 2.05) is 12.1 Å². The molecule has 6 nitrogen and oxygen atoms in total. The van der Waals surface area contributed by atoms with Crippen molar-refractivity contribution in [1.29, 1.82) is 0 Å². The Morgan fingerprint density at radius 1 is 1.11 bits per heavy atom. The molecule has 7 heteroatoms. The van der Waals surface area contributed by atoms with E-state index in [1.165, 1.54) is 16.3 Å².